The van der Waals surface area contributed by atoms with Crippen LogP contribution in [0.25, 0.3) is 11.3 Å². The first kappa shape index (κ1) is 22.3. The monoisotopic (exact) mass is 471 g/mol. The Morgan fingerprint density at radius 3 is 2.53 bits per heavy atom. The summed E-state index contributed by atoms with van der Waals surface area (Å²) < 4.78 is 52.1. The van der Waals surface area contributed by atoms with Gasteiger partial charge in [-0.2, -0.15) is 0 Å². The van der Waals surface area contributed by atoms with Crippen LogP contribution in [0.2, 0.25) is 0 Å². The van der Waals surface area contributed by atoms with Gasteiger partial charge in [0.25, 0.3) is 0 Å². The predicted molar refractivity (Wildman–Crippen MR) is 119 cm³/mol. The summed E-state index contributed by atoms with van der Waals surface area (Å²) in [5.74, 6) is -2.29. The average Bonchev–Trinajstić information content (AvgIpc) is 3.15. The fraction of sp³-hybridized carbons (Fsp3) is 0.360. The lowest BCUT2D eigenvalue weighted by molar-refractivity contribution is -0.132. The zero-order chi connectivity index (χ0) is 24.0. The minimum atomic E-state index is -1.50. The Hall–Kier alpha value is -3.49. The molecule has 0 saturated carbocycles. The molecule has 4 heterocycles. The molecule has 6 rings (SSSR count). The normalized spacial score (nSPS) is 20.1. The van der Waals surface area contributed by atoms with Gasteiger partial charge in [0.1, 0.15) is 5.75 Å². The smallest absolute Gasteiger partial charge is 0.225 e. The second-order valence-electron chi connectivity index (χ2n) is 8.76. The highest BCUT2D eigenvalue weighted by atomic mass is 19.2. The van der Waals surface area contributed by atoms with E-state index in [1.807, 2.05) is 18.2 Å². The molecular weight excluding hydrogens is 447 g/mol. The van der Waals surface area contributed by atoms with Crippen LogP contribution in [0.15, 0.2) is 40.9 Å². The van der Waals surface area contributed by atoms with Crippen molar-refractivity contribution in [3.63, 3.8) is 0 Å². The number of ether oxygens (including phenoxy) is 1. The van der Waals surface area contributed by atoms with Crippen LogP contribution in [0.4, 0.5) is 18.9 Å². The van der Waals surface area contributed by atoms with Crippen LogP contribution in [-0.2, 0) is 11.3 Å². The summed E-state index contributed by atoms with van der Waals surface area (Å²) >= 11 is 0. The number of aromatic nitrogens is 1. The first-order valence-corrected chi connectivity index (χ1v) is 11.1. The number of carbonyl (C=O) groups excluding carboxylic acids is 1. The minimum absolute atomic E-state index is 0.00137. The number of amides is 1. The van der Waals surface area contributed by atoms with Gasteiger partial charge in [-0.15, -0.1) is 0 Å². The number of halogens is 3. The summed E-state index contributed by atoms with van der Waals surface area (Å²) in [6, 6.07) is 7.58. The number of hydrogen-bond donors (Lipinski definition) is 0. The minimum Gasteiger partial charge on any atom is -0.496 e. The Morgan fingerprint density at radius 2 is 1.85 bits per heavy atom. The standard InChI is InChI=1S/C25H24F3N3O3/c1-14-29-11-23(34-14)19-6-5-16(9-22(19)33-2)30-13-18-4-3-17(30)10-24(32)31(18)12-15-7-20(26)25(28)21(27)8-15/h5-9,11,17-18H,3-4,10,12-13H2,1-2H3/t17-,18-/m1/s1. The Morgan fingerprint density at radius 1 is 1.12 bits per heavy atom. The number of benzene rings is 2. The molecule has 0 aliphatic carbocycles. The quantitative estimate of drug-likeness (QED) is 0.498. The summed E-state index contributed by atoms with van der Waals surface area (Å²) in [7, 11) is 1.59. The number of hydrogen-bond acceptors (Lipinski definition) is 5. The first-order valence-electron chi connectivity index (χ1n) is 11.1. The number of carbonyl (C=O) groups is 1. The molecule has 3 aliphatic rings. The van der Waals surface area contributed by atoms with E-state index < -0.39 is 17.5 Å². The van der Waals surface area contributed by atoms with Crippen molar-refractivity contribution in [3.05, 3.63) is 65.4 Å². The van der Waals surface area contributed by atoms with Gasteiger partial charge < -0.3 is 19.0 Å². The van der Waals surface area contributed by atoms with E-state index >= 15 is 0 Å². The van der Waals surface area contributed by atoms with Gasteiger partial charge in [-0.05, 0) is 42.7 Å². The van der Waals surface area contributed by atoms with E-state index in [0.717, 1.165) is 36.2 Å². The topological polar surface area (TPSA) is 58.8 Å². The predicted octanol–water partition coefficient (Wildman–Crippen LogP) is 4.85. The molecule has 0 spiro atoms. The summed E-state index contributed by atoms with van der Waals surface area (Å²) in [5.41, 5.74) is 1.93. The highest BCUT2D eigenvalue weighted by Crippen LogP contribution is 2.38. The van der Waals surface area contributed by atoms with Gasteiger partial charge in [-0.25, -0.2) is 18.2 Å². The van der Waals surface area contributed by atoms with Crippen LogP contribution in [0.5, 0.6) is 5.75 Å². The number of nitrogens with zero attached hydrogens (tertiary/aromatic N) is 3. The van der Waals surface area contributed by atoms with Crippen molar-refractivity contribution in [2.45, 2.75) is 44.8 Å². The van der Waals surface area contributed by atoms with Gasteiger partial charge in [0.2, 0.25) is 5.91 Å². The fourth-order valence-electron chi connectivity index (χ4n) is 4.97. The molecule has 0 radical (unpaired) electrons. The van der Waals surface area contributed by atoms with Gasteiger partial charge in [0.15, 0.2) is 29.1 Å². The number of anilines is 1. The third-order valence-electron chi connectivity index (χ3n) is 6.65. The SMILES string of the molecule is COc1cc(N2C[C@H]3CC[C@@H]2CC(=O)N3Cc2cc(F)c(F)c(F)c2)ccc1-c1cnc(C)o1. The van der Waals surface area contributed by atoms with E-state index in [-0.39, 0.29) is 36.5 Å². The molecule has 9 heteroatoms. The molecule has 178 valence electrons. The Balaban J connectivity index is 1.41. The summed E-state index contributed by atoms with van der Waals surface area (Å²) in [5, 5.41) is 0. The maximum atomic E-state index is 13.7. The molecule has 3 aromatic rings. The van der Waals surface area contributed by atoms with E-state index in [2.05, 4.69) is 9.88 Å². The second kappa shape index (κ2) is 8.70. The molecule has 2 atom stereocenters. The van der Waals surface area contributed by atoms with Crippen LogP contribution in [-0.4, -0.2) is 41.5 Å². The summed E-state index contributed by atoms with van der Waals surface area (Å²) in [6.07, 6.45) is 3.53. The van der Waals surface area contributed by atoms with Crippen molar-refractivity contribution >= 4 is 11.6 Å². The molecule has 34 heavy (non-hydrogen) atoms. The van der Waals surface area contributed by atoms with Gasteiger partial charge in [0, 0.05) is 50.3 Å². The van der Waals surface area contributed by atoms with Gasteiger partial charge >= 0.3 is 0 Å². The molecular formula is C25H24F3N3O3. The maximum Gasteiger partial charge on any atom is 0.225 e. The average molecular weight is 471 g/mol. The van der Waals surface area contributed by atoms with Crippen molar-refractivity contribution in [1.29, 1.82) is 0 Å². The van der Waals surface area contributed by atoms with E-state index in [1.54, 1.807) is 25.1 Å². The van der Waals surface area contributed by atoms with E-state index in [1.165, 1.54) is 0 Å². The van der Waals surface area contributed by atoms with Gasteiger partial charge in [0.05, 0.1) is 18.9 Å². The van der Waals surface area contributed by atoms with Crippen LogP contribution >= 0.6 is 0 Å². The zero-order valence-electron chi connectivity index (χ0n) is 18.9. The molecule has 0 N–H and O–H groups in total. The molecule has 3 saturated heterocycles. The lowest BCUT2D eigenvalue weighted by Crippen LogP contribution is -2.47. The highest BCUT2D eigenvalue weighted by molar-refractivity contribution is 5.79. The van der Waals surface area contributed by atoms with Crippen LogP contribution < -0.4 is 9.64 Å². The number of methoxy groups -OCH3 is 1. The number of piperidine rings is 1. The molecule has 0 unspecified atom stereocenters. The third-order valence-corrected chi connectivity index (χ3v) is 6.65. The molecule has 2 bridgehead atoms. The lowest BCUT2D eigenvalue weighted by atomic mass is 9.97. The Bertz CT molecular complexity index is 1220. The van der Waals surface area contributed by atoms with E-state index in [0.29, 0.717) is 23.9 Å². The molecule has 6 nitrogen and oxygen atoms in total. The number of oxazole rings is 1. The number of rotatable bonds is 5. The fourth-order valence-corrected chi connectivity index (χ4v) is 4.97. The van der Waals surface area contributed by atoms with Crippen LogP contribution in [0, 0.1) is 24.4 Å². The van der Waals surface area contributed by atoms with Crippen molar-refractivity contribution in [2.75, 3.05) is 18.6 Å². The van der Waals surface area contributed by atoms with Crippen LogP contribution in [0.1, 0.15) is 30.7 Å². The molecule has 1 aromatic heterocycles. The molecule has 3 fully saturated rings. The molecule has 2 aromatic carbocycles. The van der Waals surface area contributed by atoms with E-state index in [9.17, 15) is 18.0 Å². The maximum absolute atomic E-state index is 13.7. The second-order valence-corrected chi connectivity index (χ2v) is 8.76. The van der Waals surface area contributed by atoms with Crippen molar-refractivity contribution in [1.82, 2.24) is 9.88 Å². The summed E-state index contributed by atoms with van der Waals surface area (Å²) in [4.78, 5) is 21.1. The zero-order valence-corrected chi connectivity index (χ0v) is 18.9. The van der Waals surface area contributed by atoms with Crippen molar-refractivity contribution < 1.29 is 27.1 Å². The lowest BCUT2D eigenvalue weighted by Gasteiger charge is -2.40. The van der Waals surface area contributed by atoms with Crippen molar-refractivity contribution in [3.8, 4) is 17.1 Å². The Kier molecular flexibility index (Phi) is 5.71. The van der Waals surface area contributed by atoms with Gasteiger partial charge in [-0.1, -0.05) is 0 Å². The number of fused-ring (bicyclic) bond motifs is 4. The molecule has 3 aliphatic heterocycles. The Labute approximate surface area is 194 Å². The molecule has 1 amide bonds. The highest BCUT2D eigenvalue weighted by Gasteiger charge is 2.40. The van der Waals surface area contributed by atoms with Gasteiger partial charge in [-0.3, -0.25) is 4.79 Å². The largest absolute Gasteiger partial charge is 0.496 e. The summed E-state index contributed by atoms with van der Waals surface area (Å²) in [6.45, 7) is 2.38. The van der Waals surface area contributed by atoms with Crippen LogP contribution in [0.3, 0.4) is 0 Å². The van der Waals surface area contributed by atoms with E-state index in [4.69, 9.17) is 9.15 Å². The van der Waals surface area contributed by atoms with Crippen molar-refractivity contribution in [2.24, 2.45) is 0 Å². The first-order chi connectivity index (χ1) is 16.3. The third kappa shape index (κ3) is 3.99. The number of aryl methyl sites for hydroxylation is 1.